The molecule has 0 heterocycles. The molecule has 0 aliphatic rings. The Labute approximate surface area is 213 Å². The fourth-order valence-corrected chi connectivity index (χ4v) is 2.73. The number of guanidine groups is 1. The Bertz CT molecular complexity index is 930. The maximum atomic E-state index is 12.0. The monoisotopic (exact) mass is 567 g/mol. The molecule has 9 heteroatoms. The predicted molar refractivity (Wildman–Crippen MR) is 142 cm³/mol. The summed E-state index contributed by atoms with van der Waals surface area (Å²) < 4.78 is 5.57. The molecule has 0 radical (unpaired) electrons. The van der Waals surface area contributed by atoms with E-state index in [4.69, 9.17) is 4.74 Å². The summed E-state index contributed by atoms with van der Waals surface area (Å²) in [5.74, 6) is 1.22. The Morgan fingerprint density at radius 1 is 0.939 bits per heavy atom. The van der Waals surface area contributed by atoms with Crippen LogP contribution in [-0.4, -0.2) is 68.9 Å². The van der Waals surface area contributed by atoms with Crippen LogP contribution >= 0.6 is 24.0 Å². The lowest BCUT2D eigenvalue weighted by Gasteiger charge is -2.13. The highest BCUT2D eigenvalue weighted by atomic mass is 127. The van der Waals surface area contributed by atoms with Crippen LogP contribution < -0.4 is 15.4 Å². The summed E-state index contributed by atoms with van der Waals surface area (Å²) >= 11 is 0. The minimum absolute atomic E-state index is 0. The fraction of sp³-hybridized carbons (Fsp3) is 0.375. The van der Waals surface area contributed by atoms with Gasteiger partial charge in [-0.15, -0.1) is 24.0 Å². The van der Waals surface area contributed by atoms with Gasteiger partial charge in [-0.25, -0.2) is 4.99 Å². The van der Waals surface area contributed by atoms with E-state index in [1.54, 1.807) is 33.1 Å². The molecule has 0 spiro atoms. The number of nitrogens with zero attached hydrogens (tertiary/aromatic N) is 3. The van der Waals surface area contributed by atoms with Crippen LogP contribution in [0, 0.1) is 0 Å². The maximum absolute atomic E-state index is 12.0. The van der Waals surface area contributed by atoms with Crippen molar-refractivity contribution in [1.29, 1.82) is 0 Å². The summed E-state index contributed by atoms with van der Waals surface area (Å²) in [4.78, 5) is 31.4. The van der Waals surface area contributed by atoms with E-state index in [1.165, 1.54) is 4.90 Å². The van der Waals surface area contributed by atoms with Crippen molar-refractivity contribution in [3.63, 3.8) is 0 Å². The third kappa shape index (κ3) is 9.68. The number of halogens is 1. The quantitative estimate of drug-likeness (QED) is 0.277. The van der Waals surface area contributed by atoms with Gasteiger partial charge in [0.25, 0.3) is 11.8 Å². The van der Waals surface area contributed by atoms with Crippen LogP contribution in [0.3, 0.4) is 0 Å². The third-order valence-corrected chi connectivity index (χ3v) is 4.59. The molecule has 0 unspecified atom stereocenters. The topological polar surface area (TPSA) is 86.3 Å². The number of nitrogens with one attached hydrogen (secondary N) is 2. The van der Waals surface area contributed by atoms with E-state index in [0.717, 1.165) is 17.7 Å². The molecule has 2 aromatic rings. The van der Waals surface area contributed by atoms with Crippen molar-refractivity contribution in [1.82, 2.24) is 20.4 Å². The third-order valence-electron chi connectivity index (χ3n) is 4.59. The maximum Gasteiger partial charge on any atom is 0.259 e. The zero-order valence-corrected chi connectivity index (χ0v) is 22.3. The molecule has 180 valence electrons. The molecule has 0 aromatic heterocycles. The van der Waals surface area contributed by atoms with Gasteiger partial charge in [-0.2, -0.15) is 0 Å². The van der Waals surface area contributed by atoms with Gasteiger partial charge >= 0.3 is 0 Å². The molecule has 2 aromatic carbocycles. The first kappa shape index (κ1) is 28.2. The molecular formula is C24H34IN5O3. The van der Waals surface area contributed by atoms with Crippen LogP contribution in [0.1, 0.15) is 28.4 Å². The first-order valence-corrected chi connectivity index (χ1v) is 10.5. The number of hydrogen-bond acceptors (Lipinski definition) is 4. The largest absolute Gasteiger partial charge is 0.484 e. The van der Waals surface area contributed by atoms with Gasteiger partial charge in [0.05, 0.1) is 6.54 Å². The molecule has 2 amide bonds. The van der Waals surface area contributed by atoms with Crippen molar-refractivity contribution in [2.45, 2.75) is 20.0 Å². The lowest BCUT2D eigenvalue weighted by atomic mass is 10.1. The van der Waals surface area contributed by atoms with Crippen LogP contribution in [0.4, 0.5) is 0 Å². The summed E-state index contributed by atoms with van der Waals surface area (Å²) in [7, 11) is 6.87. The Morgan fingerprint density at radius 2 is 1.64 bits per heavy atom. The smallest absolute Gasteiger partial charge is 0.259 e. The van der Waals surface area contributed by atoms with Gasteiger partial charge in [-0.1, -0.05) is 24.3 Å². The summed E-state index contributed by atoms with van der Waals surface area (Å²) in [6.07, 6.45) is 0. The molecule has 0 saturated carbocycles. The van der Waals surface area contributed by atoms with Crippen molar-refractivity contribution in [3.8, 4) is 5.75 Å². The standard InChI is InChI=1S/C24H33N5O3.HI/c1-6-25-24(26-15-18-10-12-20(13-11-18)23(31)29(4)5)27-16-19-8-7-9-21(14-19)32-17-22(30)28(2)3;/h7-14H,6,15-17H2,1-5H3,(H2,25,26,27);1H. The number of rotatable bonds is 9. The van der Waals surface area contributed by atoms with E-state index < -0.39 is 0 Å². The minimum Gasteiger partial charge on any atom is -0.484 e. The summed E-state index contributed by atoms with van der Waals surface area (Å²) in [5.41, 5.74) is 2.68. The first-order valence-electron chi connectivity index (χ1n) is 10.5. The zero-order valence-electron chi connectivity index (χ0n) is 19.9. The zero-order chi connectivity index (χ0) is 23.5. The molecule has 2 N–H and O–H groups in total. The van der Waals surface area contributed by atoms with E-state index in [0.29, 0.717) is 30.4 Å². The van der Waals surface area contributed by atoms with E-state index in [-0.39, 0.29) is 42.4 Å². The summed E-state index contributed by atoms with van der Waals surface area (Å²) in [6.45, 7) is 3.79. The van der Waals surface area contributed by atoms with Crippen molar-refractivity contribution in [2.75, 3.05) is 41.3 Å². The van der Waals surface area contributed by atoms with Crippen molar-refractivity contribution >= 4 is 41.8 Å². The van der Waals surface area contributed by atoms with Gasteiger partial charge in [0.15, 0.2) is 12.6 Å². The Hall–Kier alpha value is -2.82. The van der Waals surface area contributed by atoms with Gasteiger partial charge in [-0.3, -0.25) is 9.59 Å². The van der Waals surface area contributed by atoms with Gasteiger partial charge in [0, 0.05) is 46.8 Å². The van der Waals surface area contributed by atoms with E-state index in [9.17, 15) is 9.59 Å². The van der Waals surface area contributed by atoms with Gasteiger partial charge < -0.3 is 25.2 Å². The van der Waals surface area contributed by atoms with E-state index in [2.05, 4.69) is 15.6 Å². The number of aliphatic imine (C=N–C) groups is 1. The van der Waals surface area contributed by atoms with E-state index >= 15 is 0 Å². The normalized spacial score (nSPS) is 10.6. The van der Waals surface area contributed by atoms with Crippen molar-refractivity contribution in [3.05, 3.63) is 65.2 Å². The number of carbonyl (C=O) groups is 2. The van der Waals surface area contributed by atoms with Gasteiger partial charge in [0.2, 0.25) is 0 Å². The SMILES string of the molecule is CCNC(=NCc1cccc(OCC(=O)N(C)C)c1)NCc1ccc(C(=O)N(C)C)cc1.I. The molecule has 0 bridgehead atoms. The molecule has 0 aliphatic carbocycles. The molecule has 8 nitrogen and oxygen atoms in total. The molecule has 0 fully saturated rings. The Kier molecular flexibility index (Phi) is 12.3. The fourth-order valence-electron chi connectivity index (χ4n) is 2.73. The van der Waals surface area contributed by atoms with Crippen molar-refractivity contribution in [2.24, 2.45) is 4.99 Å². The molecule has 33 heavy (non-hydrogen) atoms. The Morgan fingerprint density at radius 3 is 2.24 bits per heavy atom. The van der Waals surface area contributed by atoms with Gasteiger partial charge in [-0.05, 0) is 42.3 Å². The van der Waals surface area contributed by atoms with Crippen molar-refractivity contribution < 1.29 is 14.3 Å². The molecule has 2 rings (SSSR count). The average Bonchev–Trinajstić information content (AvgIpc) is 2.79. The van der Waals surface area contributed by atoms with Crippen LogP contribution in [0.5, 0.6) is 5.75 Å². The van der Waals surface area contributed by atoms with Crippen LogP contribution in [0.2, 0.25) is 0 Å². The average molecular weight is 567 g/mol. The highest BCUT2D eigenvalue weighted by molar-refractivity contribution is 14.0. The van der Waals surface area contributed by atoms with Gasteiger partial charge in [0.1, 0.15) is 5.75 Å². The number of amides is 2. The number of benzene rings is 2. The number of likely N-dealkylation sites (N-methyl/N-ethyl adjacent to an activating group) is 1. The summed E-state index contributed by atoms with van der Waals surface area (Å²) in [5, 5.41) is 6.54. The molecule has 0 aliphatic heterocycles. The predicted octanol–water partition coefficient (Wildman–Crippen LogP) is 2.73. The second-order valence-electron chi connectivity index (χ2n) is 7.67. The lowest BCUT2D eigenvalue weighted by molar-refractivity contribution is -0.130. The molecule has 0 atom stereocenters. The lowest BCUT2D eigenvalue weighted by Crippen LogP contribution is -2.36. The molecule has 0 saturated heterocycles. The van der Waals surface area contributed by atoms with Crippen LogP contribution in [0.15, 0.2) is 53.5 Å². The van der Waals surface area contributed by atoms with E-state index in [1.807, 2.05) is 55.5 Å². The van der Waals surface area contributed by atoms with Crippen LogP contribution in [-0.2, 0) is 17.9 Å². The second kappa shape index (κ2) is 14.4. The van der Waals surface area contributed by atoms with Crippen LogP contribution in [0.25, 0.3) is 0 Å². The molecular weight excluding hydrogens is 533 g/mol. The number of ether oxygens (including phenoxy) is 1. The second-order valence-corrected chi connectivity index (χ2v) is 7.67. The highest BCUT2D eigenvalue weighted by Gasteiger charge is 2.08. The summed E-state index contributed by atoms with van der Waals surface area (Å²) in [6, 6.07) is 15.1. The highest BCUT2D eigenvalue weighted by Crippen LogP contribution is 2.14. The number of carbonyl (C=O) groups excluding carboxylic acids is 2. The minimum atomic E-state index is -0.0915. The Balaban J connectivity index is 0.00000544. The number of hydrogen-bond donors (Lipinski definition) is 2. The first-order chi connectivity index (χ1) is 15.3.